The summed E-state index contributed by atoms with van der Waals surface area (Å²) in [6.45, 7) is 2.59. The van der Waals surface area contributed by atoms with Crippen LogP contribution in [0.4, 0.5) is 5.69 Å². The molecular weight excluding hydrogens is 308 g/mol. The van der Waals surface area contributed by atoms with Gasteiger partial charge in [0.05, 0.1) is 23.5 Å². The van der Waals surface area contributed by atoms with Crippen LogP contribution < -0.4 is 14.4 Å². The fourth-order valence-corrected chi connectivity index (χ4v) is 3.32. The van der Waals surface area contributed by atoms with E-state index in [0.717, 1.165) is 6.42 Å². The number of ether oxygens (including phenoxy) is 1. The van der Waals surface area contributed by atoms with Gasteiger partial charge in [-0.2, -0.15) is 0 Å². The van der Waals surface area contributed by atoms with Gasteiger partial charge in [-0.3, -0.25) is 4.79 Å². The van der Waals surface area contributed by atoms with Gasteiger partial charge in [0.15, 0.2) is 0 Å². The molecule has 0 saturated carbocycles. The molecule has 7 nitrogen and oxygen atoms in total. The Morgan fingerprint density at radius 3 is 2.86 bits per heavy atom. The summed E-state index contributed by atoms with van der Waals surface area (Å²) in [7, 11) is -1.84. The summed E-state index contributed by atoms with van der Waals surface area (Å²) in [6, 6.07) is 4.65. The first-order valence-corrected chi connectivity index (χ1v) is 8.55. The fourth-order valence-electron chi connectivity index (χ4n) is 2.27. The third-order valence-corrected chi connectivity index (χ3v) is 4.97. The molecule has 2 N–H and O–H groups in total. The lowest BCUT2D eigenvalue weighted by Gasteiger charge is -2.33. The van der Waals surface area contributed by atoms with Gasteiger partial charge in [0.25, 0.3) is 0 Å². The Balaban J connectivity index is 2.20. The number of aliphatic carboxylic acids is 1. The quantitative estimate of drug-likeness (QED) is 0.810. The van der Waals surface area contributed by atoms with Gasteiger partial charge >= 0.3 is 5.97 Å². The number of likely N-dealkylation sites (N-methyl/N-ethyl adjacent to an activating group) is 1. The van der Waals surface area contributed by atoms with Crippen molar-refractivity contribution in [3.05, 3.63) is 18.2 Å². The number of hydrogen-bond acceptors (Lipinski definition) is 5. The first-order valence-electron chi connectivity index (χ1n) is 7.06. The highest BCUT2D eigenvalue weighted by molar-refractivity contribution is 7.89. The average Bonchev–Trinajstić information content (AvgIpc) is 2.46. The van der Waals surface area contributed by atoms with Crippen molar-refractivity contribution < 1.29 is 23.1 Å². The number of carboxylic acid groups (broad SMARTS) is 1. The Morgan fingerprint density at radius 2 is 2.23 bits per heavy atom. The minimum Gasteiger partial charge on any atom is -0.486 e. The van der Waals surface area contributed by atoms with E-state index in [1.165, 1.54) is 6.07 Å². The van der Waals surface area contributed by atoms with Gasteiger partial charge in [0.1, 0.15) is 11.9 Å². The number of nitrogens with one attached hydrogen (secondary N) is 1. The van der Waals surface area contributed by atoms with E-state index in [2.05, 4.69) is 4.72 Å². The van der Waals surface area contributed by atoms with E-state index in [9.17, 15) is 13.2 Å². The predicted molar refractivity (Wildman–Crippen MR) is 81.9 cm³/mol. The normalized spacial score (nSPS) is 17.7. The molecule has 1 aliphatic rings. The Kier molecular flexibility index (Phi) is 4.92. The number of carboxylic acids is 1. The van der Waals surface area contributed by atoms with E-state index in [1.54, 1.807) is 12.1 Å². The van der Waals surface area contributed by atoms with Crippen LogP contribution in [0.3, 0.4) is 0 Å². The molecule has 1 heterocycles. The van der Waals surface area contributed by atoms with E-state index in [1.807, 2.05) is 18.9 Å². The Labute approximate surface area is 129 Å². The van der Waals surface area contributed by atoms with Crippen LogP contribution in [0.5, 0.6) is 5.75 Å². The zero-order valence-electron chi connectivity index (χ0n) is 12.6. The highest BCUT2D eigenvalue weighted by Crippen LogP contribution is 2.35. The second kappa shape index (κ2) is 6.53. The van der Waals surface area contributed by atoms with Crippen LogP contribution in [0.15, 0.2) is 23.1 Å². The third kappa shape index (κ3) is 3.69. The molecule has 22 heavy (non-hydrogen) atoms. The number of anilines is 1. The minimum absolute atomic E-state index is 0.0913. The van der Waals surface area contributed by atoms with Crippen LogP contribution in [0, 0.1) is 0 Å². The lowest BCUT2D eigenvalue weighted by atomic mass is 10.2. The molecule has 0 amide bonds. The van der Waals surface area contributed by atoms with E-state index >= 15 is 0 Å². The Hall–Kier alpha value is -1.80. The standard InChI is InChI=1S/C14H20N2O5S/c1-3-10-9-16(2)12-8-11(4-5-13(12)21-10)22(19,20)15-7-6-14(17)18/h4-5,8,10,15H,3,6-7,9H2,1-2H3,(H,17,18). The Bertz CT molecular complexity index is 659. The number of carbonyl (C=O) groups is 1. The van der Waals surface area contributed by atoms with Gasteiger partial charge in [-0.25, -0.2) is 13.1 Å². The second-order valence-electron chi connectivity index (χ2n) is 5.20. The molecule has 0 spiro atoms. The van der Waals surface area contributed by atoms with Gasteiger partial charge in [-0.1, -0.05) is 6.92 Å². The van der Waals surface area contributed by atoms with Crippen LogP contribution in [0.1, 0.15) is 19.8 Å². The summed E-state index contributed by atoms with van der Waals surface area (Å²) in [4.78, 5) is 12.5. The van der Waals surface area contributed by atoms with Gasteiger partial charge in [-0.05, 0) is 24.6 Å². The maximum atomic E-state index is 12.2. The van der Waals surface area contributed by atoms with E-state index in [0.29, 0.717) is 18.0 Å². The largest absolute Gasteiger partial charge is 0.486 e. The predicted octanol–water partition coefficient (Wildman–Crippen LogP) is 1.05. The van der Waals surface area contributed by atoms with Crippen molar-refractivity contribution in [1.82, 2.24) is 4.72 Å². The maximum Gasteiger partial charge on any atom is 0.304 e. The molecule has 122 valence electrons. The zero-order valence-corrected chi connectivity index (χ0v) is 13.4. The Morgan fingerprint density at radius 1 is 1.50 bits per heavy atom. The summed E-state index contributed by atoms with van der Waals surface area (Å²) >= 11 is 0. The summed E-state index contributed by atoms with van der Waals surface area (Å²) in [5.74, 6) is -0.392. The van der Waals surface area contributed by atoms with E-state index in [4.69, 9.17) is 9.84 Å². The minimum atomic E-state index is -3.73. The fraction of sp³-hybridized carbons (Fsp3) is 0.500. The first kappa shape index (κ1) is 16.6. The highest BCUT2D eigenvalue weighted by atomic mass is 32.2. The summed E-state index contributed by atoms with van der Waals surface area (Å²) in [5, 5.41) is 8.56. The van der Waals surface area contributed by atoms with Crippen molar-refractivity contribution in [3.63, 3.8) is 0 Å². The average molecular weight is 328 g/mol. The number of fused-ring (bicyclic) bond motifs is 1. The molecule has 8 heteroatoms. The van der Waals surface area contributed by atoms with Crippen LogP contribution in [-0.2, 0) is 14.8 Å². The number of rotatable bonds is 6. The van der Waals surface area contributed by atoms with Crippen LogP contribution in [0.25, 0.3) is 0 Å². The van der Waals surface area contributed by atoms with Crippen molar-refractivity contribution in [2.75, 3.05) is 25.0 Å². The topological polar surface area (TPSA) is 95.9 Å². The lowest BCUT2D eigenvalue weighted by Crippen LogP contribution is -2.37. The summed E-state index contributed by atoms with van der Waals surface area (Å²) < 4.78 is 32.4. The molecule has 0 bridgehead atoms. The van der Waals surface area contributed by atoms with Crippen molar-refractivity contribution >= 4 is 21.7 Å². The molecule has 1 aliphatic heterocycles. The molecule has 0 aromatic heterocycles. The molecule has 0 fully saturated rings. The smallest absolute Gasteiger partial charge is 0.304 e. The molecular formula is C14H20N2O5S. The third-order valence-electron chi connectivity index (χ3n) is 3.51. The SMILES string of the molecule is CCC1CN(C)c2cc(S(=O)(=O)NCCC(=O)O)ccc2O1. The van der Waals surface area contributed by atoms with Gasteiger partial charge in [0, 0.05) is 13.6 Å². The van der Waals surface area contributed by atoms with Crippen LogP contribution in [0.2, 0.25) is 0 Å². The van der Waals surface area contributed by atoms with Crippen molar-refractivity contribution in [1.29, 1.82) is 0 Å². The highest BCUT2D eigenvalue weighted by Gasteiger charge is 2.24. The van der Waals surface area contributed by atoms with Gasteiger partial charge < -0.3 is 14.7 Å². The molecule has 1 unspecified atom stereocenters. The van der Waals surface area contributed by atoms with Crippen molar-refractivity contribution in [2.45, 2.75) is 30.8 Å². The summed E-state index contributed by atoms with van der Waals surface area (Å²) in [5.41, 5.74) is 0.714. The van der Waals surface area contributed by atoms with Crippen LogP contribution >= 0.6 is 0 Å². The molecule has 0 saturated heterocycles. The number of benzene rings is 1. The molecule has 0 aliphatic carbocycles. The molecule has 1 atom stereocenters. The number of nitrogens with zero attached hydrogens (tertiary/aromatic N) is 1. The van der Waals surface area contributed by atoms with E-state index in [-0.39, 0.29) is 24.0 Å². The molecule has 2 rings (SSSR count). The lowest BCUT2D eigenvalue weighted by molar-refractivity contribution is -0.136. The molecule has 1 aromatic rings. The van der Waals surface area contributed by atoms with Gasteiger partial charge in [0.2, 0.25) is 10.0 Å². The van der Waals surface area contributed by atoms with Crippen LogP contribution in [-0.4, -0.2) is 45.7 Å². The van der Waals surface area contributed by atoms with Gasteiger partial charge in [-0.15, -0.1) is 0 Å². The number of hydrogen-bond donors (Lipinski definition) is 2. The molecule has 0 radical (unpaired) electrons. The summed E-state index contributed by atoms with van der Waals surface area (Å²) in [6.07, 6.45) is 0.708. The van der Waals surface area contributed by atoms with Crippen molar-refractivity contribution in [3.8, 4) is 5.75 Å². The second-order valence-corrected chi connectivity index (χ2v) is 6.97. The molecule has 1 aromatic carbocycles. The van der Waals surface area contributed by atoms with E-state index < -0.39 is 16.0 Å². The first-order chi connectivity index (χ1) is 10.3. The zero-order chi connectivity index (χ0) is 16.3. The monoisotopic (exact) mass is 328 g/mol. The number of sulfonamides is 1. The maximum absolute atomic E-state index is 12.2. The van der Waals surface area contributed by atoms with Crippen molar-refractivity contribution in [2.24, 2.45) is 0 Å².